The summed E-state index contributed by atoms with van der Waals surface area (Å²) in [7, 11) is 3.75. The molecule has 2 aromatic heterocycles. The largest absolute Gasteiger partial charge is 0.491 e. The first-order valence-corrected chi connectivity index (χ1v) is 26.0. The number of thiophene rings is 1. The van der Waals surface area contributed by atoms with Gasteiger partial charge in [-0.05, 0) is 112 Å². The quantitative estimate of drug-likeness (QED) is 0.0634. The van der Waals surface area contributed by atoms with Crippen molar-refractivity contribution in [3.8, 4) is 50.4 Å². The monoisotopic (exact) mass is 1060 g/mol. The van der Waals surface area contributed by atoms with Crippen LogP contribution in [0.4, 0.5) is 4.39 Å². The number of nitrogens with zero attached hydrogens (tertiary/aromatic N) is 4. The smallest absolute Gasteiger partial charge is 0.348 e. The van der Waals surface area contributed by atoms with Crippen LogP contribution in [0.15, 0.2) is 73.1 Å². The minimum absolute atomic E-state index is 0.0109. The van der Waals surface area contributed by atoms with Gasteiger partial charge in [0.1, 0.15) is 65.7 Å². The van der Waals surface area contributed by atoms with Crippen molar-refractivity contribution in [2.75, 3.05) is 93.1 Å². The van der Waals surface area contributed by atoms with Crippen molar-refractivity contribution in [2.24, 2.45) is 0 Å². The molecular weight excluding hydrogens is 999 g/mol. The van der Waals surface area contributed by atoms with Crippen LogP contribution < -0.4 is 23.7 Å². The maximum Gasteiger partial charge on any atom is 0.348 e. The van der Waals surface area contributed by atoms with Gasteiger partial charge in [0.05, 0.1) is 48.5 Å². The maximum atomic E-state index is 14.6. The Morgan fingerprint density at radius 3 is 2.27 bits per heavy atom. The SMILES string of the molecule is COCCOCCOCCOc1cccc(COc2ccc3cc2C[C@H](C(=O)OC(C)(C)C)Oc2ncnc4sc(-c5ccc(F)cc5)c(c24)-c2c(C)c(Cl)c(c(Cl)c2C)O[C@H](CN2CCN(C)CC2)CO3)c1. The van der Waals surface area contributed by atoms with Crippen LogP contribution in [-0.4, -0.2) is 137 Å². The number of carbonyl (C=O) groups is 1. The minimum Gasteiger partial charge on any atom is -0.491 e. The number of hydrogen-bond donors (Lipinski definition) is 0. The van der Waals surface area contributed by atoms with Crippen molar-refractivity contribution in [1.82, 2.24) is 19.8 Å². The molecule has 9 rings (SSSR count). The van der Waals surface area contributed by atoms with Crippen LogP contribution in [0.5, 0.6) is 28.9 Å². The van der Waals surface area contributed by atoms with Crippen LogP contribution in [0.25, 0.3) is 31.8 Å². The zero-order valence-electron chi connectivity index (χ0n) is 42.4. The zero-order valence-corrected chi connectivity index (χ0v) is 44.7. The van der Waals surface area contributed by atoms with Crippen LogP contribution in [0.1, 0.15) is 43.0 Å². The van der Waals surface area contributed by atoms with Gasteiger partial charge in [-0.2, -0.15) is 0 Å². The molecule has 2 atom stereocenters. The number of methoxy groups -OCH3 is 1. The molecule has 3 aliphatic rings. The topological polar surface area (TPSA) is 132 Å². The van der Waals surface area contributed by atoms with E-state index in [0.717, 1.165) is 42.2 Å². The lowest BCUT2D eigenvalue weighted by atomic mass is 9.92. The van der Waals surface area contributed by atoms with Crippen LogP contribution in [-0.2, 0) is 36.8 Å². The van der Waals surface area contributed by atoms with Gasteiger partial charge in [0.25, 0.3) is 0 Å². The van der Waals surface area contributed by atoms with Crippen molar-refractivity contribution in [3.05, 3.63) is 111 Å². The van der Waals surface area contributed by atoms with Gasteiger partial charge in [-0.15, -0.1) is 11.3 Å². The Hall–Kier alpha value is -5.30. The third kappa shape index (κ3) is 13.9. The van der Waals surface area contributed by atoms with Crippen molar-refractivity contribution in [1.29, 1.82) is 0 Å². The van der Waals surface area contributed by atoms with Crippen molar-refractivity contribution in [3.63, 3.8) is 0 Å². The summed E-state index contributed by atoms with van der Waals surface area (Å²) < 4.78 is 69.7. The van der Waals surface area contributed by atoms with E-state index in [2.05, 4.69) is 16.8 Å². The molecule has 1 saturated heterocycles. The van der Waals surface area contributed by atoms with Crippen molar-refractivity contribution < 1.29 is 51.8 Å². The third-order valence-corrected chi connectivity index (χ3v) is 14.4. The van der Waals surface area contributed by atoms with Gasteiger partial charge in [-0.25, -0.2) is 19.2 Å². The van der Waals surface area contributed by atoms with Crippen LogP contribution in [0.3, 0.4) is 0 Å². The summed E-state index contributed by atoms with van der Waals surface area (Å²) in [4.78, 5) is 29.9. The fourth-order valence-corrected chi connectivity index (χ4v) is 10.3. The van der Waals surface area contributed by atoms with E-state index < -0.39 is 23.8 Å². The highest BCUT2D eigenvalue weighted by Gasteiger charge is 2.34. The Balaban J connectivity index is 1.19. The summed E-state index contributed by atoms with van der Waals surface area (Å²) in [6, 6.07) is 19.4. The van der Waals surface area contributed by atoms with Gasteiger partial charge in [-0.3, -0.25) is 4.90 Å². The number of benzene rings is 4. The first-order chi connectivity index (χ1) is 35.1. The van der Waals surface area contributed by atoms with E-state index in [4.69, 9.17) is 75.8 Å². The van der Waals surface area contributed by atoms with E-state index in [1.54, 1.807) is 40.0 Å². The number of ether oxygens (including phenoxy) is 9. The Kier molecular flexibility index (Phi) is 18.4. The normalized spacial score (nSPS) is 16.6. The van der Waals surface area contributed by atoms with Gasteiger partial charge < -0.3 is 47.5 Å². The molecule has 14 nitrogen and oxygen atoms in total. The zero-order chi connectivity index (χ0) is 51.6. The van der Waals surface area contributed by atoms with Crippen LogP contribution in [0, 0.1) is 19.7 Å². The molecular formula is C55H63Cl2FN4O10S. The summed E-state index contributed by atoms with van der Waals surface area (Å²) in [5.74, 6) is 1.11. The lowest BCUT2D eigenvalue weighted by Crippen LogP contribution is -2.49. The molecule has 18 heteroatoms. The third-order valence-electron chi connectivity index (χ3n) is 12.3. The van der Waals surface area contributed by atoms with E-state index in [1.165, 1.54) is 29.8 Å². The van der Waals surface area contributed by atoms with Gasteiger partial charge in [-0.1, -0.05) is 47.5 Å². The first kappa shape index (κ1) is 54.0. The molecule has 4 aromatic carbocycles. The predicted octanol–water partition coefficient (Wildman–Crippen LogP) is 10.4. The highest BCUT2D eigenvalue weighted by Crippen LogP contribution is 2.53. The number of carbonyl (C=O) groups excluding carboxylic acids is 1. The van der Waals surface area contributed by atoms with Gasteiger partial charge >= 0.3 is 5.97 Å². The molecule has 0 N–H and O–H groups in total. The Labute approximate surface area is 440 Å². The van der Waals surface area contributed by atoms with Crippen molar-refractivity contribution in [2.45, 2.75) is 65.5 Å². The minimum atomic E-state index is -1.26. The standard InChI is InChI=1S/C55H63Cl2FN4O10S/c1-34-45-35(2)49(57)50(48(34)56)70-42(30-62-19-17-61(6)18-20-62)32-68-41-15-16-43(69-31-36-9-8-10-40(27-36)67-26-25-66-24-23-65-22-21-64-7)38(28-41)29-44(54(63)72-55(3,4)5)71-52-47-46(45)51(73-53(47)60-33-59-52)37-11-13-39(58)14-12-37/h8-16,27-28,33,42,44H,17-26,29-32H2,1-7H3/t42-,44-/m1/s1. The molecule has 390 valence electrons. The van der Waals surface area contributed by atoms with Crippen molar-refractivity contribution >= 4 is 50.7 Å². The molecule has 0 unspecified atom stereocenters. The second-order valence-electron chi connectivity index (χ2n) is 19.0. The average Bonchev–Trinajstić information content (AvgIpc) is 3.75. The number of fused-ring (bicyclic) bond motifs is 7. The lowest BCUT2D eigenvalue weighted by molar-refractivity contribution is -0.163. The molecule has 0 amide bonds. The van der Waals surface area contributed by atoms with Crippen LogP contribution in [0.2, 0.25) is 10.0 Å². The number of halogens is 3. The molecule has 1 fully saturated rings. The van der Waals surface area contributed by atoms with Gasteiger partial charge in [0.2, 0.25) is 12.0 Å². The van der Waals surface area contributed by atoms with Gasteiger partial charge in [0.15, 0.2) is 5.75 Å². The molecule has 0 spiro atoms. The molecule has 3 aliphatic heterocycles. The number of hydrogen-bond acceptors (Lipinski definition) is 15. The van der Waals surface area contributed by atoms with Crippen LogP contribution >= 0.6 is 34.5 Å². The predicted molar refractivity (Wildman–Crippen MR) is 282 cm³/mol. The fourth-order valence-electron chi connectivity index (χ4n) is 8.64. The number of piperazine rings is 1. The molecule has 6 aromatic rings. The molecule has 0 saturated carbocycles. The van der Waals surface area contributed by atoms with E-state index in [9.17, 15) is 9.18 Å². The number of likely N-dealkylation sites (N-methyl/N-ethyl adjacent to an activating group) is 1. The molecule has 4 bridgehead atoms. The van der Waals surface area contributed by atoms with E-state index in [-0.39, 0.29) is 31.3 Å². The second-order valence-corrected chi connectivity index (χ2v) is 20.8. The van der Waals surface area contributed by atoms with E-state index in [0.29, 0.717) is 117 Å². The summed E-state index contributed by atoms with van der Waals surface area (Å²) in [6.07, 6.45) is -0.391. The summed E-state index contributed by atoms with van der Waals surface area (Å²) in [5.41, 5.74) is 4.02. The van der Waals surface area contributed by atoms with E-state index >= 15 is 0 Å². The Bertz CT molecular complexity index is 2810. The Morgan fingerprint density at radius 1 is 0.849 bits per heavy atom. The Morgan fingerprint density at radius 2 is 1.56 bits per heavy atom. The number of esters is 1. The van der Waals surface area contributed by atoms with Gasteiger partial charge in [0, 0.05) is 62.3 Å². The summed E-state index contributed by atoms with van der Waals surface area (Å²) in [5, 5.41) is 1.15. The average molecular weight is 1060 g/mol. The highest BCUT2D eigenvalue weighted by molar-refractivity contribution is 7.22. The highest BCUT2D eigenvalue weighted by atomic mass is 35.5. The molecule has 0 radical (unpaired) electrons. The fraction of sp³-hybridized carbons (Fsp3) is 0.436. The summed E-state index contributed by atoms with van der Waals surface area (Å²) >= 11 is 16.2. The molecule has 0 aliphatic carbocycles. The maximum absolute atomic E-state index is 14.6. The lowest BCUT2D eigenvalue weighted by Gasteiger charge is -2.35. The first-order valence-electron chi connectivity index (χ1n) is 24.4. The molecule has 5 heterocycles. The van der Waals surface area contributed by atoms with E-state index in [1.807, 2.05) is 56.3 Å². The molecule has 73 heavy (non-hydrogen) atoms. The number of rotatable bonds is 17. The second kappa shape index (κ2) is 24.8. The number of aromatic nitrogens is 2. The summed E-state index contributed by atoms with van der Waals surface area (Å²) in [6.45, 7) is 16.3.